The van der Waals surface area contributed by atoms with E-state index >= 15 is 0 Å². The maximum atomic E-state index is 12.5. The zero-order chi connectivity index (χ0) is 17.0. The highest BCUT2D eigenvalue weighted by atomic mass is 32.2. The predicted molar refractivity (Wildman–Crippen MR) is 92.9 cm³/mol. The molecular weight excluding hydrogens is 334 g/mol. The first kappa shape index (κ1) is 18.4. The van der Waals surface area contributed by atoms with Gasteiger partial charge in [0.15, 0.2) is 0 Å². The summed E-state index contributed by atoms with van der Waals surface area (Å²) in [6, 6.07) is 3.55. The Kier molecular flexibility index (Phi) is 6.19. The molecular formula is C15H25N3O3S2. The Balaban J connectivity index is 2.02. The van der Waals surface area contributed by atoms with Gasteiger partial charge in [0.1, 0.15) is 6.04 Å². The summed E-state index contributed by atoms with van der Waals surface area (Å²) in [7, 11) is 0.590. The van der Waals surface area contributed by atoms with Crippen molar-refractivity contribution in [2.24, 2.45) is 0 Å². The molecule has 0 aliphatic carbocycles. The summed E-state index contributed by atoms with van der Waals surface area (Å²) in [5, 5.41) is 4.96. The highest BCUT2D eigenvalue weighted by molar-refractivity contribution is 7.88. The third-order valence-electron chi connectivity index (χ3n) is 4.15. The zero-order valence-electron chi connectivity index (χ0n) is 13.9. The summed E-state index contributed by atoms with van der Waals surface area (Å²) < 4.78 is 25.1. The number of nitrogens with zero attached hydrogens (tertiary/aromatic N) is 2. The molecule has 8 heteroatoms. The molecule has 2 heterocycles. The summed E-state index contributed by atoms with van der Waals surface area (Å²) in [5.74, 6) is -0.196. The van der Waals surface area contributed by atoms with Gasteiger partial charge in [-0.25, -0.2) is 8.42 Å². The van der Waals surface area contributed by atoms with E-state index in [0.717, 1.165) is 12.8 Å². The van der Waals surface area contributed by atoms with Gasteiger partial charge in [0.25, 0.3) is 0 Å². The highest BCUT2D eigenvalue weighted by Gasteiger charge is 2.34. The third-order valence-corrected chi connectivity index (χ3v) is 6.41. The molecule has 1 saturated heterocycles. The van der Waals surface area contributed by atoms with Crippen molar-refractivity contribution < 1.29 is 13.2 Å². The molecule has 0 bridgehead atoms. The van der Waals surface area contributed by atoms with Crippen molar-refractivity contribution in [2.75, 3.05) is 33.4 Å². The minimum absolute atomic E-state index is 0.0919. The normalized spacial score (nSPS) is 21.3. The van der Waals surface area contributed by atoms with E-state index < -0.39 is 16.1 Å². The van der Waals surface area contributed by atoms with Crippen molar-refractivity contribution in [1.29, 1.82) is 0 Å². The van der Waals surface area contributed by atoms with Crippen LogP contribution < -0.4 is 5.32 Å². The van der Waals surface area contributed by atoms with E-state index in [-0.39, 0.29) is 11.9 Å². The van der Waals surface area contributed by atoms with E-state index in [9.17, 15) is 13.2 Å². The number of nitrogens with one attached hydrogen (secondary N) is 1. The van der Waals surface area contributed by atoms with Gasteiger partial charge in [-0.1, -0.05) is 12.5 Å². The van der Waals surface area contributed by atoms with Gasteiger partial charge in [-0.2, -0.15) is 4.31 Å². The Hall–Kier alpha value is -0.960. The maximum Gasteiger partial charge on any atom is 0.238 e. The van der Waals surface area contributed by atoms with Crippen molar-refractivity contribution in [3.63, 3.8) is 0 Å². The first-order valence-electron chi connectivity index (χ1n) is 7.75. The Labute approximate surface area is 142 Å². The molecule has 2 unspecified atom stereocenters. The number of thiophene rings is 1. The molecule has 2 atom stereocenters. The van der Waals surface area contributed by atoms with Crippen molar-refractivity contribution in [3.8, 4) is 0 Å². The molecule has 1 aliphatic rings. The average Bonchev–Trinajstić information content (AvgIpc) is 3.00. The first-order valence-corrected chi connectivity index (χ1v) is 10.5. The van der Waals surface area contributed by atoms with Crippen LogP contribution in [-0.4, -0.2) is 63.0 Å². The van der Waals surface area contributed by atoms with Crippen LogP contribution in [0.25, 0.3) is 0 Å². The fourth-order valence-electron chi connectivity index (χ4n) is 2.90. The highest BCUT2D eigenvalue weighted by Crippen LogP contribution is 2.23. The smallest absolute Gasteiger partial charge is 0.238 e. The van der Waals surface area contributed by atoms with Crippen LogP contribution in [-0.2, 0) is 14.8 Å². The van der Waals surface area contributed by atoms with Gasteiger partial charge < -0.3 is 10.2 Å². The van der Waals surface area contributed by atoms with Crippen LogP contribution in [0.1, 0.15) is 30.2 Å². The van der Waals surface area contributed by atoms with E-state index in [1.807, 2.05) is 31.6 Å². The Bertz CT molecular complexity index is 614. The lowest BCUT2D eigenvalue weighted by molar-refractivity contribution is -0.125. The fourth-order valence-corrected chi connectivity index (χ4v) is 4.94. The number of carbonyl (C=O) groups is 1. The minimum Gasteiger partial charge on any atom is -0.353 e. The monoisotopic (exact) mass is 359 g/mol. The van der Waals surface area contributed by atoms with Crippen LogP contribution in [0, 0.1) is 0 Å². The number of rotatable bonds is 6. The molecule has 6 nitrogen and oxygen atoms in total. The SMILES string of the molecule is CN(C)C(CNC(=O)C1CCCCN1S(C)(=O)=O)c1cccs1. The summed E-state index contributed by atoms with van der Waals surface area (Å²) in [6.07, 6.45) is 3.45. The van der Waals surface area contributed by atoms with Gasteiger partial charge in [-0.15, -0.1) is 11.3 Å². The van der Waals surface area contributed by atoms with E-state index in [1.165, 1.54) is 15.4 Å². The van der Waals surface area contributed by atoms with Gasteiger partial charge in [0.2, 0.25) is 15.9 Å². The standard InChI is InChI=1S/C15H25N3O3S2/c1-17(2)13(14-8-6-10-22-14)11-16-15(19)12-7-4-5-9-18(12)23(3,20)21/h6,8,10,12-13H,4-5,7,9,11H2,1-3H3,(H,16,19). The lowest BCUT2D eigenvalue weighted by atomic mass is 10.0. The first-order chi connectivity index (χ1) is 10.8. The zero-order valence-corrected chi connectivity index (χ0v) is 15.5. The topological polar surface area (TPSA) is 69.7 Å². The largest absolute Gasteiger partial charge is 0.353 e. The number of likely N-dealkylation sites (N-methyl/N-ethyl adjacent to an activating group) is 1. The van der Waals surface area contributed by atoms with Crippen LogP contribution in [0.15, 0.2) is 17.5 Å². The maximum absolute atomic E-state index is 12.5. The van der Waals surface area contributed by atoms with Gasteiger partial charge in [0, 0.05) is 18.0 Å². The molecule has 0 radical (unpaired) electrons. The molecule has 1 aromatic rings. The molecule has 1 aromatic heterocycles. The fraction of sp³-hybridized carbons (Fsp3) is 0.667. The molecule has 1 amide bonds. The van der Waals surface area contributed by atoms with Crippen LogP contribution >= 0.6 is 11.3 Å². The molecule has 1 aliphatic heterocycles. The van der Waals surface area contributed by atoms with Gasteiger partial charge in [0.05, 0.1) is 12.3 Å². The summed E-state index contributed by atoms with van der Waals surface area (Å²) in [6.45, 7) is 0.902. The van der Waals surface area contributed by atoms with Crippen molar-refractivity contribution in [2.45, 2.75) is 31.3 Å². The number of amides is 1. The second kappa shape index (κ2) is 7.74. The predicted octanol–water partition coefficient (Wildman–Crippen LogP) is 1.28. The number of sulfonamides is 1. The Morgan fingerprint density at radius 1 is 1.48 bits per heavy atom. The summed E-state index contributed by atoms with van der Waals surface area (Å²) in [5.41, 5.74) is 0. The van der Waals surface area contributed by atoms with Crippen LogP contribution in [0.4, 0.5) is 0 Å². The quantitative estimate of drug-likeness (QED) is 0.831. The van der Waals surface area contributed by atoms with Gasteiger partial charge in [-0.05, 0) is 38.4 Å². The van der Waals surface area contributed by atoms with Crippen molar-refractivity contribution in [3.05, 3.63) is 22.4 Å². The van der Waals surface area contributed by atoms with E-state index in [1.54, 1.807) is 11.3 Å². The van der Waals surface area contributed by atoms with Crippen molar-refractivity contribution in [1.82, 2.24) is 14.5 Å². The number of hydrogen-bond donors (Lipinski definition) is 1. The Morgan fingerprint density at radius 2 is 2.22 bits per heavy atom. The Morgan fingerprint density at radius 3 is 2.78 bits per heavy atom. The summed E-state index contributed by atoms with van der Waals surface area (Å²) in [4.78, 5) is 15.8. The third kappa shape index (κ3) is 4.76. The molecule has 130 valence electrons. The van der Waals surface area contributed by atoms with Crippen molar-refractivity contribution >= 4 is 27.3 Å². The second-order valence-corrected chi connectivity index (χ2v) is 9.04. The molecule has 2 rings (SSSR count). The summed E-state index contributed by atoms with van der Waals surface area (Å²) >= 11 is 1.65. The molecule has 0 aromatic carbocycles. The van der Waals surface area contributed by atoms with E-state index in [0.29, 0.717) is 19.5 Å². The second-order valence-electron chi connectivity index (χ2n) is 6.13. The van der Waals surface area contributed by atoms with Crippen LogP contribution in [0.3, 0.4) is 0 Å². The van der Waals surface area contributed by atoms with Crippen LogP contribution in [0.2, 0.25) is 0 Å². The molecule has 1 N–H and O–H groups in total. The molecule has 1 fully saturated rings. The van der Waals surface area contributed by atoms with Gasteiger partial charge in [-0.3, -0.25) is 4.79 Å². The lowest BCUT2D eigenvalue weighted by Crippen LogP contribution is -2.52. The number of carbonyl (C=O) groups excluding carboxylic acids is 1. The number of piperidine rings is 1. The molecule has 23 heavy (non-hydrogen) atoms. The van der Waals surface area contributed by atoms with E-state index in [4.69, 9.17) is 0 Å². The minimum atomic E-state index is -3.35. The molecule has 0 spiro atoms. The lowest BCUT2D eigenvalue weighted by Gasteiger charge is -2.33. The van der Waals surface area contributed by atoms with Gasteiger partial charge >= 0.3 is 0 Å². The average molecular weight is 360 g/mol. The number of hydrogen-bond acceptors (Lipinski definition) is 5. The van der Waals surface area contributed by atoms with Crippen LogP contribution in [0.5, 0.6) is 0 Å². The molecule has 0 saturated carbocycles. The van der Waals surface area contributed by atoms with E-state index in [2.05, 4.69) is 10.2 Å².